The highest BCUT2D eigenvalue weighted by molar-refractivity contribution is 5.29. The van der Waals surface area contributed by atoms with Gasteiger partial charge in [0.05, 0.1) is 5.60 Å². The van der Waals surface area contributed by atoms with Gasteiger partial charge in [-0.25, -0.2) is 4.39 Å². The van der Waals surface area contributed by atoms with Crippen LogP contribution >= 0.6 is 0 Å². The molecule has 0 unspecified atom stereocenters. The highest BCUT2D eigenvalue weighted by atomic mass is 19.1. The van der Waals surface area contributed by atoms with Crippen LogP contribution < -0.4 is 5.32 Å². The Labute approximate surface area is 89.1 Å². The molecule has 1 saturated heterocycles. The van der Waals surface area contributed by atoms with E-state index in [2.05, 4.69) is 5.32 Å². The maximum atomic E-state index is 13.6. The van der Waals surface area contributed by atoms with Crippen LogP contribution in [0.4, 0.5) is 4.39 Å². The van der Waals surface area contributed by atoms with Crippen LogP contribution in [0, 0.1) is 12.7 Å². The van der Waals surface area contributed by atoms with Gasteiger partial charge in [-0.05, 0) is 38.9 Å². The van der Waals surface area contributed by atoms with Crippen molar-refractivity contribution in [3.63, 3.8) is 0 Å². The van der Waals surface area contributed by atoms with Crippen LogP contribution in [0.2, 0.25) is 0 Å². The molecule has 1 aliphatic heterocycles. The fraction of sp³-hybridized carbons (Fsp3) is 0.500. The molecule has 0 amide bonds. The minimum atomic E-state index is -0.985. The number of halogens is 1. The standard InChI is InChI=1S/C12H16FNO/c1-9-2-3-11(13)10(8-9)12(15)4-6-14-7-5-12/h2-3,8,14-15H,4-7H2,1H3. The van der Waals surface area contributed by atoms with E-state index in [0.29, 0.717) is 18.4 Å². The third kappa shape index (κ3) is 2.03. The van der Waals surface area contributed by atoms with E-state index in [4.69, 9.17) is 0 Å². The molecule has 0 bridgehead atoms. The Kier molecular flexibility index (Phi) is 2.76. The average molecular weight is 209 g/mol. The fourth-order valence-corrected chi connectivity index (χ4v) is 2.11. The summed E-state index contributed by atoms with van der Waals surface area (Å²) in [6, 6.07) is 4.91. The van der Waals surface area contributed by atoms with Crippen LogP contribution in [0.15, 0.2) is 18.2 Å². The van der Waals surface area contributed by atoms with E-state index < -0.39 is 5.60 Å². The number of hydrogen-bond acceptors (Lipinski definition) is 2. The molecule has 82 valence electrons. The molecule has 2 rings (SSSR count). The van der Waals surface area contributed by atoms with Gasteiger partial charge >= 0.3 is 0 Å². The molecule has 1 fully saturated rings. The summed E-state index contributed by atoms with van der Waals surface area (Å²) < 4.78 is 13.6. The van der Waals surface area contributed by atoms with Crippen molar-refractivity contribution in [3.8, 4) is 0 Å². The number of benzene rings is 1. The van der Waals surface area contributed by atoms with Gasteiger partial charge in [0, 0.05) is 5.56 Å². The summed E-state index contributed by atoms with van der Waals surface area (Å²) >= 11 is 0. The van der Waals surface area contributed by atoms with Gasteiger partial charge in [0.2, 0.25) is 0 Å². The Morgan fingerprint density at radius 1 is 1.33 bits per heavy atom. The Balaban J connectivity index is 2.38. The molecule has 2 N–H and O–H groups in total. The van der Waals surface area contributed by atoms with Crippen LogP contribution in [0.5, 0.6) is 0 Å². The van der Waals surface area contributed by atoms with Crippen LogP contribution in [0.3, 0.4) is 0 Å². The second-order valence-corrected chi connectivity index (χ2v) is 4.26. The first-order chi connectivity index (χ1) is 7.12. The second-order valence-electron chi connectivity index (χ2n) is 4.26. The Morgan fingerprint density at radius 3 is 2.67 bits per heavy atom. The summed E-state index contributed by atoms with van der Waals surface area (Å²) in [6.07, 6.45) is 1.15. The number of aryl methyl sites for hydroxylation is 1. The number of nitrogens with one attached hydrogen (secondary N) is 1. The molecule has 0 atom stereocenters. The van der Waals surface area contributed by atoms with Gasteiger partial charge in [0.15, 0.2) is 0 Å². The highest BCUT2D eigenvalue weighted by Crippen LogP contribution is 2.32. The quantitative estimate of drug-likeness (QED) is 0.738. The van der Waals surface area contributed by atoms with Gasteiger partial charge in [-0.1, -0.05) is 17.7 Å². The predicted octanol–water partition coefficient (Wildman–Crippen LogP) is 1.71. The number of hydrogen-bond donors (Lipinski definition) is 2. The molecule has 15 heavy (non-hydrogen) atoms. The number of rotatable bonds is 1. The van der Waals surface area contributed by atoms with Crippen molar-refractivity contribution < 1.29 is 9.50 Å². The minimum absolute atomic E-state index is 0.301. The zero-order valence-electron chi connectivity index (χ0n) is 8.89. The van der Waals surface area contributed by atoms with Crippen LogP contribution in [-0.4, -0.2) is 18.2 Å². The smallest absolute Gasteiger partial charge is 0.129 e. The third-order valence-corrected chi connectivity index (χ3v) is 3.05. The van der Waals surface area contributed by atoms with Gasteiger partial charge in [0.25, 0.3) is 0 Å². The van der Waals surface area contributed by atoms with Crippen molar-refractivity contribution in [2.75, 3.05) is 13.1 Å². The van der Waals surface area contributed by atoms with Crippen LogP contribution in [-0.2, 0) is 5.60 Å². The molecule has 0 aliphatic carbocycles. The lowest BCUT2D eigenvalue weighted by molar-refractivity contribution is 0.00271. The summed E-state index contributed by atoms with van der Waals surface area (Å²) in [5, 5.41) is 13.5. The summed E-state index contributed by atoms with van der Waals surface area (Å²) in [7, 11) is 0. The summed E-state index contributed by atoms with van der Waals surface area (Å²) in [5.41, 5.74) is 0.448. The number of aliphatic hydroxyl groups is 1. The van der Waals surface area contributed by atoms with Crippen molar-refractivity contribution in [1.29, 1.82) is 0 Å². The van der Waals surface area contributed by atoms with Crippen molar-refractivity contribution >= 4 is 0 Å². The van der Waals surface area contributed by atoms with E-state index in [-0.39, 0.29) is 5.82 Å². The highest BCUT2D eigenvalue weighted by Gasteiger charge is 2.33. The van der Waals surface area contributed by atoms with E-state index >= 15 is 0 Å². The van der Waals surface area contributed by atoms with E-state index in [1.165, 1.54) is 6.07 Å². The van der Waals surface area contributed by atoms with Gasteiger partial charge in [-0.2, -0.15) is 0 Å². The molecule has 0 radical (unpaired) electrons. The maximum Gasteiger partial charge on any atom is 0.129 e. The van der Waals surface area contributed by atoms with Gasteiger partial charge in [-0.3, -0.25) is 0 Å². The normalized spacial score (nSPS) is 20.2. The zero-order chi connectivity index (χ0) is 10.9. The van der Waals surface area contributed by atoms with E-state index in [9.17, 15) is 9.50 Å². The molecule has 1 heterocycles. The van der Waals surface area contributed by atoms with Crippen molar-refractivity contribution in [2.45, 2.75) is 25.4 Å². The molecule has 1 aromatic carbocycles. The van der Waals surface area contributed by atoms with E-state index in [1.807, 2.05) is 6.92 Å². The van der Waals surface area contributed by atoms with E-state index in [1.54, 1.807) is 12.1 Å². The van der Waals surface area contributed by atoms with Crippen molar-refractivity contribution in [3.05, 3.63) is 35.1 Å². The SMILES string of the molecule is Cc1ccc(F)c(C2(O)CCNCC2)c1. The lowest BCUT2D eigenvalue weighted by atomic mass is 9.84. The molecular formula is C12H16FNO. The van der Waals surface area contributed by atoms with Gasteiger partial charge in [-0.15, -0.1) is 0 Å². The molecule has 1 aliphatic rings. The second kappa shape index (κ2) is 3.91. The predicted molar refractivity (Wildman–Crippen MR) is 57.1 cm³/mol. The van der Waals surface area contributed by atoms with Crippen LogP contribution in [0.25, 0.3) is 0 Å². The Bertz CT molecular complexity index is 359. The van der Waals surface area contributed by atoms with Crippen molar-refractivity contribution in [1.82, 2.24) is 5.32 Å². The molecule has 2 nitrogen and oxygen atoms in total. The fourth-order valence-electron chi connectivity index (χ4n) is 2.11. The summed E-state index contributed by atoms with van der Waals surface area (Å²) in [5.74, 6) is -0.301. The summed E-state index contributed by atoms with van der Waals surface area (Å²) in [6.45, 7) is 3.39. The minimum Gasteiger partial charge on any atom is -0.385 e. The lowest BCUT2D eigenvalue weighted by Gasteiger charge is -2.33. The van der Waals surface area contributed by atoms with Crippen LogP contribution in [0.1, 0.15) is 24.0 Å². The largest absolute Gasteiger partial charge is 0.385 e. The molecule has 0 aromatic heterocycles. The maximum absolute atomic E-state index is 13.6. The first kappa shape index (κ1) is 10.6. The monoisotopic (exact) mass is 209 g/mol. The first-order valence-corrected chi connectivity index (χ1v) is 5.31. The molecule has 0 saturated carbocycles. The Hall–Kier alpha value is -0.930. The third-order valence-electron chi connectivity index (χ3n) is 3.05. The average Bonchev–Trinajstić information content (AvgIpc) is 2.23. The molecule has 1 aromatic rings. The molecule has 3 heteroatoms. The van der Waals surface area contributed by atoms with E-state index in [0.717, 1.165) is 18.7 Å². The lowest BCUT2D eigenvalue weighted by Crippen LogP contribution is -2.40. The van der Waals surface area contributed by atoms with Gasteiger partial charge < -0.3 is 10.4 Å². The van der Waals surface area contributed by atoms with Crippen molar-refractivity contribution in [2.24, 2.45) is 0 Å². The zero-order valence-corrected chi connectivity index (χ0v) is 8.89. The topological polar surface area (TPSA) is 32.3 Å². The summed E-state index contributed by atoms with van der Waals surface area (Å²) in [4.78, 5) is 0. The Morgan fingerprint density at radius 2 is 2.00 bits per heavy atom. The number of piperidine rings is 1. The first-order valence-electron chi connectivity index (χ1n) is 5.31. The molecule has 0 spiro atoms. The van der Waals surface area contributed by atoms with Gasteiger partial charge in [0.1, 0.15) is 5.82 Å². The molecular weight excluding hydrogens is 193 g/mol.